The van der Waals surface area contributed by atoms with Gasteiger partial charge in [-0.2, -0.15) is 0 Å². The van der Waals surface area contributed by atoms with E-state index in [-0.39, 0.29) is 108 Å². The molecule has 712 valence electrons. The minimum absolute atomic E-state index is 0.113. The van der Waals surface area contributed by atoms with Crippen LogP contribution in [0.2, 0.25) is 20.1 Å². The quantitative estimate of drug-likeness (QED) is 0.0225. The van der Waals surface area contributed by atoms with E-state index in [0.717, 1.165) is 18.5 Å². The third kappa shape index (κ3) is 21.5. The number of nitrogens with one attached hydrogen (secondary N) is 4. The second kappa shape index (κ2) is 41.1. The van der Waals surface area contributed by atoms with Gasteiger partial charge in [0.25, 0.3) is 23.6 Å². The molecule has 12 aromatic rings. The van der Waals surface area contributed by atoms with Crippen molar-refractivity contribution in [3.63, 3.8) is 0 Å². The molecule has 3 fully saturated rings. The maximum atomic E-state index is 15.5. The monoisotopic (exact) mass is 1910 g/mol. The summed E-state index contributed by atoms with van der Waals surface area (Å²) in [5, 5.41) is 30.3. The number of imidazole rings is 4. The van der Waals surface area contributed by atoms with Crippen molar-refractivity contribution in [3.05, 3.63) is 208 Å². The third-order valence-electron chi connectivity index (χ3n) is 23.7. The Morgan fingerprint density at radius 2 is 0.692 bits per heavy atom. The molecule has 4 unspecified atom stereocenters. The van der Waals surface area contributed by atoms with Gasteiger partial charge < -0.3 is 73.4 Å². The molecule has 38 heteroatoms. The Hall–Kier alpha value is -11.6. The SMILES string of the molecule is CCCNC(=O)c1c(F)c(Cl)cc(C(C)c2nc(C)c3c(N)nccn23)c1OC(C)C.Cc1nc(C(C)c2cc(Cl)c(F)c(C(=O)NC3(C)CC(O)C3)c2OC(C)C)n2ccnc(N)c12.Cc1nc(C(C)c2cc(Cl)c(F)c(C(=O)NC3(C)CCC(O)CC3)c2OC(C)C)n2ccnc(N)c12.Cc1nc(C(C)c2cc(Cl)c(F)c(C(=O)NCC3CC3)c2OC(C)C)n2ccnc(N)c12. The van der Waals surface area contributed by atoms with E-state index in [9.17, 15) is 29.4 Å². The van der Waals surface area contributed by atoms with E-state index in [1.807, 2.05) is 135 Å². The van der Waals surface area contributed by atoms with Gasteiger partial charge in [0.15, 0.2) is 23.3 Å². The van der Waals surface area contributed by atoms with Crippen LogP contribution in [-0.2, 0) is 0 Å². The number of nitrogens with two attached hydrogens (primary N) is 4. The predicted octanol–water partition coefficient (Wildman–Crippen LogP) is 17.8. The number of aromatic nitrogens is 12. The summed E-state index contributed by atoms with van der Waals surface area (Å²) in [5.41, 5.74) is 30.0. The molecule has 8 aromatic heterocycles. The van der Waals surface area contributed by atoms with Crippen LogP contribution in [0.25, 0.3) is 22.1 Å². The summed E-state index contributed by atoms with van der Waals surface area (Å²) in [6.45, 7) is 36.0. The lowest BCUT2D eigenvalue weighted by Gasteiger charge is -2.43. The number of hydrogen-bond donors (Lipinski definition) is 10. The summed E-state index contributed by atoms with van der Waals surface area (Å²) < 4.78 is 92.4. The molecule has 30 nitrogen and oxygen atoms in total. The lowest BCUT2D eigenvalue weighted by atomic mass is 9.76. The second-order valence-corrected chi connectivity index (χ2v) is 37.6. The molecule has 14 N–H and O–H groups in total. The smallest absolute Gasteiger partial charge is 0.258 e. The largest absolute Gasteiger partial charge is 0.490 e. The van der Waals surface area contributed by atoms with Gasteiger partial charge in [-0.05, 0) is 185 Å². The number of aliphatic hydroxyl groups is 2. The van der Waals surface area contributed by atoms with Gasteiger partial charge in [0.2, 0.25) is 0 Å². The zero-order valence-corrected chi connectivity index (χ0v) is 80.9. The highest BCUT2D eigenvalue weighted by Gasteiger charge is 2.44. The number of carbonyl (C=O) groups is 4. The average Bonchev–Trinajstić information content (AvgIpc) is 1.61. The average molecular weight is 1920 g/mol. The van der Waals surface area contributed by atoms with Crippen LogP contribution in [0.3, 0.4) is 0 Å². The molecule has 3 saturated carbocycles. The van der Waals surface area contributed by atoms with Crippen LogP contribution >= 0.6 is 46.4 Å². The summed E-state index contributed by atoms with van der Waals surface area (Å²) in [6.07, 6.45) is 17.2. The van der Waals surface area contributed by atoms with Crippen molar-refractivity contribution in [2.24, 2.45) is 5.92 Å². The van der Waals surface area contributed by atoms with Gasteiger partial charge in [0.1, 0.15) is 114 Å². The van der Waals surface area contributed by atoms with Crippen molar-refractivity contribution in [1.82, 2.24) is 78.7 Å². The number of carbonyl (C=O) groups excluding carboxylic acids is 4. The summed E-state index contributed by atoms with van der Waals surface area (Å²) in [7, 11) is 0. The van der Waals surface area contributed by atoms with Crippen molar-refractivity contribution in [3.8, 4) is 23.0 Å². The van der Waals surface area contributed by atoms with E-state index in [1.54, 1.807) is 63.4 Å². The lowest BCUT2D eigenvalue weighted by Crippen LogP contribution is -2.57. The Balaban J connectivity index is 0.000000160. The molecule has 0 radical (unpaired) electrons. The Morgan fingerprint density at radius 3 is 0.947 bits per heavy atom. The van der Waals surface area contributed by atoms with Crippen molar-refractivity contribution in [1.29, 1.82) is 0 Å². The molecule has 8 heterocycles. The summed E-state index contributed by atoms with van der Waals surface area (Å²) >= 11 is 25.1. The number of aryl methyl sites for hydroxylation is 4. The number of nitrogens with zero attached hydrogens (tertiary/aromatic N) is 12. The number of benzene rings is 4. The molecule has 133 heavy (non-hydrogen) atoms. The molecule has 0 bridgehead atoms. The van der Waals surface area contributed by atoms with E-state index in [4.69, 9.17) is 98.3 Å². The first-order valence-corrected chi connectivity index (χ1v) is 45.9. The van der Waals surface area contributed by atoms with E-state index >= 15 is 17.6 Å². The van der Waals surface area contributed by atoms with Gasteiger partial charge in [-0.15, -0.1) is 0 Å². The van der Waals surface area contributed by atoms with Gasteiger partial charge in [-0.3, -0.25) is 36.8 Å². The van der Waals surface area contributed by atoms with Gasteiger partial charge in [-0.1, -0.05) is 81.0 Å². The highest BCUT2D eigenvalue weighted by Crippen LogP contribution is 2.47. The first-order chi connectivity index (χ1) is 62.7. The van der Waals surface area contributed by atoms with Crippen molar-refractivity contribution in [2.45, 2.75) is 261 Å². The fraction of sp³-hybridized carbons (Fsp3) is 0.453. The Labute approximate surface area is 788 Å². The zero-order valence-electron chi connectivity index (χ0n) is 77.9. The lowest BCUT2D eigenvalue weighted by molar-refractivity contribution is 0.0125. The molecule has 15 rings (SSSR count). The molecule has 0 aliphatic heterocycles. The predicted molar refractivity (Wildman–Crippen MR) is 506 cm³/mol. The van der Waals surface area contributed by atoms with E-state index < -0.39 is 75.9 Å². The van der Waals surface area contributed by atoms with Crippen LogP contribution in [0.15, 0.2) is 73.8 Å². The van der Waals surface area contributed by atoms with Crippen molar-refractivity contribution < 1.29 is 65.9 Å². The fourth-order valence-electron chi connectivity index (χ4n) is 17.0. The number of hydrogen-bond acceptors (Lipinski definition) is 22. The maximum absolute atomic E-state index is 15.5. The number of amides is 4. The number of ether oxygens (including phenoxy) is 4. The number of rotatable bonds is 26. The van der Waals surface area contributed by atoms with Crippen LogP contribution < -0.4 is 63.1 Å². The highest BCUT2D eigenvalue weighted by atomic mass is 35.5. The highest BCUT2D eigenvalue weighted by molar-refractivity contribution is 6.32. The topological polar surface area (TPSA) is 419 Å². The molecule has 0 saturated heterocycles. The molecule has 4 amide bonds. The van der Waals surface area contributed by atoms with Gasteiger partial charge in [-0.25, -0.2) is 57.4 Å². The summed E-state index contributed by atoms with van der Waals surface area (Å²) in [4.78, 5) is 88.0. The molecule has 4 atom stereocenters. The molecular weight excluding hydrogens is 1800 g/mol. The zero-order chi connectivity index (χ0) is 97.3. The molecular formula is C95H116Cl4F4N20O10. The fourth-order valence-corrected chi connectivity index (χ4v) is 17.9. The number of anilines is 4. The summed E-state index contributed by atoms with van der Waals surface area (Å²) in [6, 6.07) is 5.98. The third-order valence-corrected chi connectivity index (χ3v) is 24.8. The second-order valence-electron chi connectivity index (χ2n) is 36.0. The number of nitrogen functional groups attached to an aromatic ring is 4. The van der Waals surface area contributed by atoms with Gasteiger partial charge >= 0.3 is 0 Å². The number of fused-ring (bicyclic) bond motifs is 4. The van der Waals surface area contributed by atoms with Crippen LogP contribution in [0.5, 0.6) is 23.0 Å². The van der Waals surface area contributed by atoms with Gasteiger partial charge in [0.05, 0.1) is 79.5 Å². The van der Waals surface area contributed by atoms with Gasteiger partial charge in [0, 0.05) is 120 Å². The van der Waals surface area contributed by atoms with E-state index in [0.29, 0.717) is 172 Å². The molecule has 4 aromatic carbocycles. The Kier molecular flexibility index (Phi) is 31.0. The minimum atomic E-state index is -0.855. The van der Waals surface area contributed by atoms with E-state index in [1.165, 1.54) is 24.3 Å². The molecule has 0 spiro atoms. The maximum Gasteiger partial charge on any atom is 0.258 e. The van der Waals surface area contributed by atoms with Crippen LogP contribution in [0.4, 0.5) is 40.8 Å². The molecule has 3 aliphatic rings. The first-order valence-electron chi connectivity index (χ1n) is 44.4. The van der Waals surface area contributed by atoms with Crippen LogP contribution in [0.1, 0.15) is 295 Å². The number of halogens is 8. The normalized spacial score (nSPS) is 17.5. The standard InChI is InChI=1S/C26H33ClFN5O3.C24H29ClFN5O3.C23H27ClFN5O2.C22H27ClFN5O2/c1-13(2)36-22-17(14(3)24-31-15(4)21-23(29)30-10-11-33(21)24)12-18(27)20(28)19(22)25(35)32-26(5)8-6-16(34)7-9-26;1-11(2)34-20-15(12(3)22-29-13(4)19-21(27)28-6-7-31(19)22)8-16(25)18(26)17(20)23(33)30-24(5)9-14(32)10-24;1-11(2)32-20-15(9-16(24)18(25)17(20)23(31)28-10-14-5-6-14)12(3)22-29-13(4)19-21(26)27-7-8-30(19)22;1-6-7-27-22(30)16-17(24)15(23)10-14(19(16)31-11(2)3)12(4)21-28-13(5)18-20(25)26-8-9-29(18)21/h10-14,16,34H,6-9H2,1-5H3,(H2,29,30)(H,32,35);6-8,11-12,14,32H,9-10H2,1-5H3,(H2,27,28)(H,30,33);7-9,11-12,14H,5-6,10H2,1-4H3,(H2,26,27)(H,28,31);8-12H,6-7H2,1-5H3,(H2,25,26)(H,27,30). The minimum Gasteiger partial charge on any atom is -0.490 e. The summed E-state index contributed by atoms with van der Waals surface area (Å²) in [5.74, 6) is -2.20. The first kappa shape index (κ1) is 100. The van der Waals surface area contributed by atoms with E-state index in [2.05, 4.69) is 51.2 Å². The molecule has 3 aliphatic carbocycles. The number of aliphatic hydroxyl groups excluding tert-OH is 2. The Bertz CT molecular complexity index is 6400. The van der Waals surface area contributed by atoms with Crippen molar-refractivity contribution >= 4 is 115 Å². The Morgan fingerprint density at radius 1 is 0.429 bits per heavy atom. The van der Waals surface area contributed by atoms with Crippen molar-refractivity contribution in [2.75, 3.05) is 36.0 Å². The van der Waals surface area contributed by atoms with Crippen LogP contribution in [0, 0.1) is 56.9 Å². The van der Waals surface area contributed by atoms with Crippen LogP contribution in [-0.4, -0.2) is 152 Å².